The van der Waals surface area contributed by atoms with E-state index in [0.717, 1.165) is 17.5 Å². The zero-order valence-corrected chi connectivity index (χ0v) is 15.5. The van der Waals surface area contributed by atoms with Crippen molar-refractivity contribution in [3.8, 4) is 11.3 Å². The number of hydrogen-bond acceptors (Lipinski definition) is 4. The summed E-state index contributed by atoms with van der Waals surface area (Å²) in [5.41, 5.74) is 2.21. The molecule has 27 heavy (non-hydrogen) atoms. The highest BCUT2D eigenvalue weighted by molar-refractivity contribution is 5.96. The van der Waals surface area contributed by atoms with Gasteiger partial charge in [0.05, 0.1) is 12.2 Å². The number of carbonyl (C=O) groups excluding carboxylic acids is 2. The summed E-state index contributed by atoms with van der Waals surface area (Å²) in [5, 5.41) is 9.72. The molecule has 0 aliphatic heterocycles. The van der Waals surface area contributed by atoms with Crippen LogP contribution in [-0.2, 0) is 7.05 Å². The van der Waals surface area contributed by atoms with Crippen LogP contribution < -0.4 is 10.6 Å². The largest absolute Gasteiger partial charge is 0.451 e. The molecule has 0 saturated carbocycles. The summed E-state index contributed by atoms with van der Waals surface area (Å²) in [6.45, 7) is 2.01. The molecule has 0 fully saturated rings. The Morgan fingerprint density at radius 1 is 1.22 bits per heavy atom. The van der Waals surface area contributed by atoms with Crippen LogP contribution in [0.15, 0.2) is 53.2 Å². The van der Waals surface area contributed by atoms with Crippen LogP contribution in [0.3, 0.4) is 0 Å². The molecule has 0 bridgehead atoms. The van der Waals surface area contributed by atoms with E-state index in [9.17, 15) is 9.59 Å². The van der Waals surface area contributed by atoms with Gasteiger partial charge >= 0.3 is 0 Å². The van der Waals surface area contributed by atoms with Gasteiger partial charge in [-0.3, -0.25) is 14.3 Å². The minimum atomic E-state index is -0.294. The first-order valence-corrected chi connectivity index (χ1v) is 8.73. The van der Waals surface area contributed by atoms with Crippen LogP contribution in [0.25, 0.3) is 11.3 Å². The second-order valence-corrected chi connectivity index (χ2v) is 6.21. The number of aryl methyl sites for hydroxylation is 1. The highest BCUT2D eigenvalue weighted by Crippen LogP contribution is 2.24. The third-order valence-electron chi connectivity index (χ3n) is 4.31. The number of hydrogen-bond donors (Lipinski definition) is 2. The smallest absolute Gasteiger partial charge is 0.286 e. The van der Waals surface area contributed by atoms with Crippen LogP contribution in [0.4, 0.5) is 0 Å². The monoisotopic (exact) mass is 366 g/mol. The lowest BCUT2D eigenvalue weighted by Crippen LogP contribution is -2.27. The number of nitrogens with zero attached hydrogens (tertiary/aromatic N) is 2. The molecule has 2 aromatic heterocycles. The second kappa shape index (κ2) is 7.90. The number of amides is 2. The molecule has 2 heterocycles. The number of benzene rings is 1. The minimum Gasteiger partial charge on any atom is -0.451 e. The highest BCUT2D eigenvalue weighted by Gasteiger charge is 2.17. The molecule has 2 amide bonds. The van der Waals surface area contributed by atoms with E-state index in [1.54, 1.807) is 48.3 Å². The molecule has 0 aliphatic rings. The van der Waals surface area contributed by atoms with E-state index in [1.165, 1.54) is 0 Å². The first kappa shape index (κ1) is 18.4. The van der Waals surface area contributed by atoms with Crippen LogP contribution in [0, 0.1) is 0 Å². The summed E-state index contributed by atoms with van der Waals surface area (Å²) in [5.74, 6) is 0.288. The summed E-state index contributed by atoms with van der Waals surface area (Å²) in [6.07, 6.45) is 4.41. The topological polar surface area (TPSA) is 89.2 Å². The molecule has 7 heteroatoms. The predicted octanol–water partition coefficient (Wildman–Crippen LogP) is 2.92. The Kier molecular flexibility index (Phi) is 5.40. The minimum absolute atomic E-state index is 0.113. The molecule has 1 unspecified atom stereocenters. The SMILES string of the molecule is CCC(NC(=O)c1cccc(-c2ccc(C(=O)NC)o2)c1)c1cnn(C)c1. The van der Waals surface area contributed by atoms with E-state index in [4.69, 9.17) is 4.42 Å². The molecule has 2 N–H and O–H groups in total. The van der Waals surface area contributed by atoms with E-state index in [2.05, 4.69) is 15.7 Å². The highest BCUT2D eigenvalue weighted by atomic mass is 16.3. The molecule has 7 nitrogen and oxygen atoms in total. The summed E-state index contributed by atoms with van der Waals surface area (Å²) in [7, 11) is 3.39. The molecule has 0 spiro atoms. The molecular formula is C20H22N4O3. The van der Waals surface area contributed by atoms with Crippen LogP contribution >= 0.6 is 0 Å². The van der Waals surface area contributed by atoms with Crippen LogP contribution in [0.5, 0.6) is 0 Å². The molecule has 140 valence electrons. The van der Waals surface area contributed by atoms with Crippen LogP contribution in [-0.4, -0.2) is 28.6 Å². The summed E-state index contributed by atoms with van der Waals surface area (Å²) < 4.78 is 7.29. The van der Waals surface area contributed by atoms with Gasteiger partial charge in [0.25, 0.3) is 11.8 Å². The normalized spacial score (nSPS) is 11.8. The fraction of sp³-hybridized carbons (Fsp3) is 0.250. The molecule has 1 aromatic carbocycles. The molecular weight excluding hydrogens is 344 g/mol. The van der Waals surface area contributed by atoms with Gasteiger partial charge in [-0.2, -0.15) is 5.10 Å². The molecule has 3 rings (SSSR count). The van der Waals surface area contributed by atoms with Crippen molar-refractivity contribution in [1.82, 2.24) is 20.4 Å². The Morgan fingerprint density at radius 2 is 2.04 bits per heavy atom. The predicted molar refractivity (Wildman–Crippen MR) is 101 cm³/mol. The van der Waals surface area contributed by atoms with E-state index in [0.29, 0.717) is 11.3 Å². The maximum atomic E-state index is 12.7. The lowest BCUT2D eigenvalue weighted by Gasteiger charge is -2.15. The van der Waals surface area contributed by atoms with Gasteiger partial charge in [0.2, 0.25) is 0 Å². The van der Waals surface area contributed by atoms with E-state index in [1.807, 2.05) is 26.2 Å². The van der Waals surface area contributed by atoms with Crippen molar-refractivity contribution in [2.75, 3.05) is 7.05 Å². The van der Waals surface area contributed by atoms with Crippen molar-refractivity contribution in [2.24, 2.45) is 7.05 Å². The van der Waals surface area contributed by atoms with Gasteiger partial charge in [-0.25, -0.2) is 0 Å². The van der Waals surface area contributed by atoms with Crippen molar-refractivity contribution in [3.63, 3.8) is 0 Å². The number of furan rings is 1. The molecule has 0 aliphatic carbocycles. The first-order valence-electron chi connectivity index (χ1n) is 8.73. The second-order valence-electron chi connectivity index (χ2n) is 6.21. The number of carbonyl (C=O) groups is 2. The zero-order valence-electron chi connectivity index (χ0n) is 15.5. The van der Waals surface area contributed by atoms with Gasteiger partial charge in [0.1, 0.15) is 5.76 Å². The fourth-order valence-electron chi connectivity index (χ4n) is 2.83. The van der Waals surface area contributed by atoms with Crippen molar-refractivity contribution in [2.45, 2.75) is 19.4 Å². The molecule has 1 atom stereocenters. The lowest BCUT2D eigenvalue weighted by atomic mass is 10.1. The number of aromatic nitrogens is 2. The Balaban J connectivity index is 1.79. The van der Waals surface area contributed by atoms with Crippen LogP contribution in [0.2, 0.25) is 0 Å². The Labute approximate surface area is 157 Å². The van der Waals surface area contributed by atoms with Gasteiger partial charge < -0.3 is 15.1 Å². The van der Waals surface area contributed by atoms with E-state index < -0.39 is 0 Å². The van der Waals surface area contributed by atoms with Crippen molar-refractivity contribution in [1.29, 1.82) is 0 Å². The van der Waals surface area contributed by atoms with Gasteiger partial charge in [-0.1, -0.05) is 19.1 Å². The molecule has 0 radical (unpaired) electrons. The van der Waals surface area contributed by atoms with Gasteiger partial charge in [0.15, 0.2) is 5.76 Å². The maximum Gasteiger partial charge on any atom is 0.286 e. The van der Waals surface area contributed by atoms with Gasteiger partial charge in [-0.15, -0.1) is 0 Å². The first-order chi connectivity index (χ1) is 13.0. The van der Waals surface area contributed by atoms with Crippen molar-refractivity contribution < 1.29 is 14.0 Å². The Hall–Kier alpha value is -3.35. The van der Waals surface area contributed by atoms with Crippen LogP contribution in [0.1, 0.15) is 45.9 Å². The summed E-state index contributed by atoms with van der Waals surface area (Å²) in [6, 6.07) is 10.3. The fourth-order valence-corrected chi connectivity index (χ4v) is 2.83. The quantitative estimate of drug-likeness (QED) is 0.702. The number of rotatable bonds is 6. The average Bonchev–Trinajstić information content (AvgIpc) is 3.35. The number of nitrogens with one attached hydrogen (secondary N) is 2. The van der Waals surface area contributed by atoms with E-state index in [-0.39, 0.29) is 23.6 Å². The Morgan fingerprint density at radius 3 is 2.70 bits per heavy atom. The third-order valence-corrected chi connectivity index (χ3v) is 4.31. The average molecular weight is 366 g/mol. The summed E-state index contributed by atoms with van der Waals surface area (Å²) >= 11 is 0. The summed E-state index contributed by atoms with van der Waals surface area (Å²) in [4.78, 5) is 24.4. The lowest BCUT2D eigenvalue weighted by molar-refractivity contribution is 0.0927. The van der Waals surface area contributed by atoms with Gasteiger partial charge in [0, 0.05) is 37.0 Å². The van der Waals surface area contributed by atoms with Gasteiger partial charge in [-0.05, 0) is 30.7 Å². The third kappa shape index (κ3) is 4.08. The van der Waals surface area contributed by atoms with E-state index >= 15 is 0 Å². The van der Waals surface area contributed by atoms with Crippen molar-refractivity contribution >= 4 is 11.8 Å². The standard InChI is InChI=1S/C20H22N4O3/c1-4-16(15-11-22-24(3)12-15)23-19(25)14-7-5-6-13(10-14)17-8-9-18(27-17)20(26)21-2/h5-12,16H,4H2,1-3H3,(H,21,26)(H,23,25). The maximum absolute atomic E-state index is 12.7. The Bertz CT molecular complexity index is 958. The molecule has 3 aromatic rings. The zero-order chi connectivity index (χ0) is 19.4. The van der Waals surface area contributed by atoms with Crippen molar-refractivity contribution in [3.05, 3.63) is 65.7 Å². The molecule has 0 saturated heterocycles.